The van der Waals surface area contributed by atoms with Crippen molar-refractivity contribution in [3.05, 3.63) is 83.0 Å². The fourth-order valence-electron chi connectivity index (χ4n) is 2.31. The summed E-state index contributed by atoms with van der Waals surface area (Å²) < 4.78 is 5.14. The fourth-order valence-corrected chi connectivity index (χ4v) is 3.24. The van der Waals surface area contributed by atoms with E-state index in [4.69, 9.17) is 16.3 Å². The molecule has 1 aromatic heterocycles. The zero-order valence-corrected chi connectivity index (χ0v) is 16.4. The van der Waals surface area contributed by atoms with Gasteiger partial charge < -0.3 is 4.74 Å². The number of hydrogen-bond acceptors (Lipinski definition) is 5. The van der Waals surface area contributed by atoms with Crippen molar-refractivity contribution in [1.29, 1.82) is 0 Å². The maximum Gasteiger partial charge on any atom is 0.273 e. The van der Waals surface area contributed by atoms with E-state index in [9.17, 15) is 9.59 Å². The van der Waals surface area contributed by atoms with Crippen LogP contribution in [0.25, 0.3) is 0 Å². The Hall–Kier alpha value is -3.03. The zero-order valence-electron chi connectivity index (χ0n) is 14.8. The van der Waals surface area contributed by atoms with Gasteiger partial charge in [-0.05, 0) is 54.6 Å². The zero-order chi connectivity index (χ0) is 19.9. The van der Waals surface area contributed by atoms with Crippen LogP contribution >= 0.6 is 23.4 Å². The van der Waals surface area contributed by atoms with Gasteiger partial charge in [0.25, 0.3) is 11.8 Å². The van der Waals surface area contributed by atoms with Gasteiger partial charge in [0, 0.05) is 21.7 Å². The lowest BCUT2D eigenvalue weighted by molar-refractivity contribution is 0.0845. The lowest BCUT2D eigenvalue weighted by Gasteiger charge is -2.11. The standard InChI is InChI=1S/C20H16ClN3O3S/c1-27-17-12-14(21)7-10-16(17)20(26)24-23-19(25)13-5-8-15(9-6-13)28-18-4-2-3-11-22-18/h2-12H,1H3,(H,23,25)(H,24,26). The number of carbonyl (C=O) groups excluding carboxylic acids is 2. The summed E-state index contributed by atoms with van der Waals surface area (Å²) in [6, 6.07) is 17.3. The van der Waals surface area contributed by atoms with Crippen LogP contribution in [0.2, 0.25) is 5.02 Å². The number of nitrogens with one attached hydrogen (secondary N) is 2. The first-order chi connectivity index (χ1) is 13.6. The van der Waals surface area contributed by atoms with Crippen molar-refractivity contribution in [1.82, 2.24) is 15.8 Å². The molecular formula is C20H16ClN3O3S. The summed E-state index contributed by atoms with van der Waals surface area (Å²) in [6.45, 7) is 0. The molecule has 2 N–H and O–H groups in total. The molecule has 0 radical (unpaired) electrons. The quantitative estimate of drug-likeness (QED) is 0.618. The van der Waals surface area contributed by atoms with E-state index in [1.807, 2.05) is 30.3 Å². The second kappa shape index (κ2) is 9.25. The van der Waals surface area contributed by atoms with Gasteiger partial charge in [-0.1, -0.05) is 29.4 Å². The molecule has 3 rings (SSSR count). The maximum absolute atomic E-state index is 12.3. The molecule has 6 nitrogen and oxygen atoms in total. The van der Waals surface area contributed by atoms with Crippen LogP contribution in [0.1, 0.15) is 20.7 Å². The number of amides is 2. The second-order valence-electron chi connectivity index (χ2n) is 5.55. The van der Waals surface area contributed by atoms with Crippen molar-refractivity contribution in [3.63, 3.8) is 0 Å². The monoisotopic (exact) mass is 413 g/mol. The number of pyridine rings is 1. The summed E-state index contributed by atoms with van der Waals surface area (Å²) in [6.07, 6.45) is 1.72. The molecule has 3 aromatic rings. The maximum atomic E-state index is 12.3. The molecule has 0 unspecified atom stereocenters. The number of carbonyl (C=O) groups is 2. The molecule has 0 spiro atoms. The number of hydrogen-bond donors (Lipinski definition) is 2. The molecular weight excluding hydrogens is 398 g/mol. The van der Waals surface area contributed by atoms with Crippen LogP contribution in [-0.4, -0.2) is 23.9 Å². The van der Waals surface area contributed by atoms with E-state index < -0.39 is 11.8 Å². The first kappa shape index (κ1) is 19.7. The smallest absolute Gasteiger partial charge is 0.273 e. The van der Waals surface area contributed by atoms with Crippen molar-refractivity contribution in [3.8, 4) is 5.75 Å². The lowest BCUT2D eigenvalue weighted by atomic mass is 10.2. The normalized spacial score (nSPS) is 10.2. The Kier molecular flexibility index (Phi) is 6.52. The number of aromatic nitrogens is 1. The number of benzene rings is 2. The van der Waals surface area contributed by atoms with Crippen LogP contribution in [0.15, 0.2) is 76.8 Å². The molecule has 0 fully saturated rings. The van der Waals surface area contributed by atoms with E-state index in [-0.39, 0.29) is 5.56 Å². The molecule has 142 valence electrons. The van der Waals surface area contributed by atoms with E-state index >= 15 is 0 Å². The predicted molar refractivity (Wildman–Crippen MR) is 108 cm³/mol. The summed E-state index contributed by atoms with van der Waals surface area (Å²) in [5.74, 6) is -0.630. The van der Waals surface area contributed by atoms with Gasteiger partial charge in [0.15, 0.2) is 0 Å². The Morgan fingerprint density at radius 3 is 2.43 bits per heavy atom. The summed E-state index contributed by atoms with van der Waals surface area (Å²) in [7, 11) is 1.44. The highest BCUT2D eigenvalue weighted by atomic mass is 35.5. The molecule has 0 saturated heterocycles. The second-order valence-corrected chi connectivity index (χ2v) is 7.08. The van der Waals surface area contributed by atoms with E-state index in [0.717, 1.165) is 9.92 Å². The van der Waals surface area contributed by atoms with Crippen molar-refractivity contribution in [2.24, 2.45) is 0 Å². The highest BCUT2D eigenvalue weighted by Gasteiger charge is 2.14. The molecule has 2 aromatic carbocycles. The molecule has 2 amide bonds. The number of hydrazine groups is 1. The highest BCUT2D eigenvalue weighted by Crippen LogP contribution is 2.25. The van der Waals surface area contributed by atoms with Crippen molar-refractivity contribution in [2.75, 3.05) is 7.11 Å². The lowest BCUT2D eigenvalue weighted by Crippen LogP contribution is -2.41. The SMILES string of the molecule is COc1cc(Cl)ccc1C(=O)NNC(=O)c1ccc(Sc2ccccn2)cc1. The third-order valence-corrected chi connectivity index (χ3v) is 4.87. The molecule has 0 aliphatic heterocycles. The van der Waals surface area contributed by atoms with Gasteiger partial charge >= 0.3 is 0 Å². The van der Waals surface area contributed by atoms with Gasteiger partial charge in [0.2, 0.25) is 0 Å². The van der Waals surface area contributed by atoms with Crippen molar-refractivity contribution >= 4 is 35.2 Å². The summed E-state index contributed by atoms with van der Waals surface area (Å²) in [5.41, 5.74) is 5.42. The van der Waals surface area contributed by atoms with Crippen LogP contribution in [0, 0.1) is 0 Å². The molecule has 0 saturated carbocycles. The van der Waals surface area contributed by atoms with Gasteiger partial charge in [-0.15, -0.1) is 0 Å². The number of nitrogens with zero attached hydrogens (tertiary/aromatic N) is 1. The molecule has 28 heavy (non-hydrogen) atoms. The Morgan fingerprint density at radius 2 is 1.75 bits per heavy atom. The molecule has 8 heteroatoms. The predicted octanol–water partition coefficient (Wildman–Crippen LogP) is 3.97. The van der Waals surface area contributed by atoms with Crippen LogP contribution in [0.4, 0.5) is 0 Å². The van der Waals surface area contributed by atoms with Crippen LogP contribution in [-0.2, 0) is 0 Å². The van der Waals surface area contributed by atoms with Gasteiger partial charge in [-0.25, -0.2) is 4.98 Å². The van der Waals surface area contributed by atoms with E-state index in [1.165, 1.54) is 31.0 Å². The fraction of sp³-hybridized carbons (Fsp3) is 0.0500. The number of ether oxygens (including phenoxy) is 1. The Labute approximate surface area is 171 Å². The average Bonchev–Trinajstić information content (AvgIpc) is 2.73. The molecule has 0 aliphatic carbocycles. The van der Waals surface area contributed by atoms with Crippen LogP contribution < -0.4 is 15.6 Å². The molecule has 0 aliphatic rings. The minimum atomic E-state index is -0.510. The summed E-state index contributed by atoms with van der Waals surface area (Å²) in [5, 5.41) is 1.31. The van der Waals surface area contributed by atoms with Gasteiger partial charge in [-0.3, -0.25) is 20.4 Å². The number of rotatable bonds is 5. The van der Waals surface area contributed by atoms with Crippen molar-refractivity contribution < 1.29 is 14.3 Å². The van der Waals surface area contributed by atoms with E-state index in [1.54, 1.807) is 24.4 Å². The average molecular weight is 414 g/mol. The van der Waals surface area contributed by atoms with Crippen LogP contribution in [0.5, 0.6) is 5.75 Å². The van der Waals surface area contributed by atoms with E-state index in [0.29, 0.717) is 16.3 Å². The first-order valence-corrected chi connectivity index (χ1v) is 9.39. The molecule has 1 heterocycles. The third-order valence-electron chi connectivity index (χ3n) is 3.67. The highest BCUT2D eigenvalue weighted by molar-refractivity contribution is 7.99. The Bertz CT molecular complexity index is 982. The topological polar surface area (TPSA) is 80.3 Å². The van der Waals surface area contributed by atoms with Gasteiger partial charge in [-0.2, -0.15) is 0 Å². The number of methoxy groups -OCH3 is 1. The largest absolute Gasteiger partial charge is 0.496 e. The number of halogens is 1. The minimum Gasteiger partial charge on any atom is -0.496 e. The van der Waals surface area contributed by atoms with Crippen LogP contribution in [0.3, 0.4) is 0 Å². The Balaban J connectivity index is 1.60. The Morgan fingerprint density at radius 1 is 1.00 bits per heavy atom. The molecule has 0 atom stereocenters. The summed E-state index contributed by atoms with van der Waals surface area (Å²) in [4.78, 5) is 29.7. The van der Waals surface area contributed by atoms with E-state index in [2.05, 4.69) is 15.8 Å². The first-order valence-electron chi connectivity index (χ1n) is 8.20. The minimum absolute atomic E-state index is 0.259. The van der Waals surface area contributed by atoms with Gasteiger partial charge in [0.05, 0.1) is 12.7 Å². The van der Waals surface area contributed by atoms with Gasteiger partial charge in [0.1, 0.15) is 10.8 Å². The third kappa shape index (κ3) is 5.03. The summed E-state index contributed by atoms with van der Waals surface area (Å²) >= 11 is 7.38. The van der Waals surface area contributed by atoms with Crippen molar-refractivity contribution in [2.45, 2.75) is 9.92 Å². The molecule has 0 bridgehead atoms.